The van der Waals surface area contributed by atoms with Crippen molar-refractivity contribution in [3.05, 3.63) is 50.4 Å². The van der Waals surface area contributed by atoms with Crippen LogP contribution in [0, 0.1) is 5.41 Å². The van der Waals surface area contributed by atoms with Gasteiger partial charge >= 0.3 is 0 Å². The largest absolute Gasteiger partial charge is 0.283 e. The number of fused-ring (bicyclic) bond motifs is 1. The second-order valence-electron chi connectivity index (χ2n) is 4.79. The maximum Gasteiger partial charge on any atom is 0.283 e. The van der Waals surface area contributed by atoms with Crippen LogP contribution in [0.4, 0.5) is 0 Å². The summed E-state index contributed by atoms with van der Waals surface area (Å²) in [5.41, 5.74) is 0.276. The van der Waals surface area contributed by atoms with E-state index in [4.69, 9.17) is 5.41 Å². The lowest BCUT2D eigenvalue weighted by molar-refractivity contribution is -0.114. The van der Waals surface area contributed by atoms with Crippen LogP contribution in [0.5, 0.6) is 0 Å². The first-order valence-electron chi connectivity index (χ1n) is 6.76. The van der Waals surface area contributed by atoms with Crippen molar-refractivity contribution in [2.45, 2.75) is 6.42 Å². The van der Waals surface area contributed by atoms with Crippen molar-refractivity contribution in [1.82, 2.24) is 5.01 Å². The molecule has 4 heterocycles. The molecule has 0 unspecified atom stereocenters. The third-order valence-corrected chi connectivity index (χ3v) is 5.84. The van der Waals surface area contributed by atoms with Crippen LogP contribution in [0.2, 0.25) is 0 Å². The molecule has 0 radical (unpaired) electrons. The van der Waals surface area contributed by atoms with E-state index >= 15 is 0 Å². The van der Waals surface area contributed by atoms with Crippen LogP contribution in [0.1, 0.15) is 9.75 Å². The molecule has 2 aromatic heterocycles. The SMILES string of the molecule is N=C1/C(=C/c2cccs2)C(=O)N=C2SC(Cc3cccs3)=NN12. The van der Waals surface area contributed by atoms with E-state index in [9.17, 15) is 4.79 Å². The lowest BCUT2D eigenvalue weighted by Gasteiger charge is -2.19. The van der Waals surface area contributed by atoms with E-state index in [1.54, 1.807) is 17.4 Å². The minimum atomic E-state index is -0.380. The van der Waals surface area contributed by atoms with Gasteiger partial charge in [-0.3, -0.25) is 10.2 Å². The molecule has 0 atom stereocenters. The first-order valence-corrected chi connectivity index (χ1v) is 9.33. The Morgan fingerprint density at radius 1 is 1.22 bits per heavy atom. The van der Waals surface area contributed by atoms with E-state index in [1.165, 1.54) is 33.0 Å². The highest BCUT2D eigenvalue weighted by Crippen LogP contribution is 2.30. The van der Waals surface area contributed by atoms with Crippen LogP contribution >= 0.6 is 34.4 Å². The molecule has 0 bridgehead atoms. The molecule has 0 spiro atoms. The quantitative estimate of drug-likeness (QED) is 0.851. The van der Waals surface area contributed by atoms with Crippen LogP contribution in [-0.4, -0.2) is 27.0 Å². The maximum absolute atomic E-state index is 12.2. The first-order chi connectivity index (χ1) is 11.2. The number of hydrogen-bond acceptors (Lipinski definition) is 6. The molecule has 1 N–H and O–H groups in total. The van der Waals surface area contributed by atoms with Crippen molar-refractivity contribution in [3.63, 3.8) is 0 Å². The van der Waals surface area contributed by atoms with E-state index in [1.807, 2.05) is 35.0 Å². The van der Waals surface area contributed by atoms with Crippen molar-refractivity contribution in [3.8, 4) is 0 Å². The number of carbonyl (C=O) groups excluding carboxylic acids is 1. The monoisotopic (exact) mass is 358 g/mol. The van der Waals surface area contributed by atoms with Gasteiger partial charge < -0.3 is 0 Å². The maximum atomic E-state index is 12.2. The predicted octanol–water partition coefficient (Wildman–Crippen LogP) is 3.67. The van der Waals surface area contributed by atoms with Crippen LogP contribution in [-0.2, 0) is 11.2 Å². The molecule has 0 aliphatic carbocycles. The fraction of sp³-hybridized carbons (Fsp3) is 0.0667. The van der Waals surface area contributed by atoms with Crippen molar-refractivity contribution in [1.29, 1.82) is 5.41 Å². The van der Waals surface area contributed by atoms with Gasteiger partial charge in [-0.25, -0.2) is 0 Å². The summed E-state index contributed by atoms with van der Waals surface area (Å²) in [5, 5.41) is 19.5. The summed E-state index contributed by atoms with van der Waals surface area (Å²) in [5.74, 6) is -0.295. The van der Waals surface area contributed by atoms with Crippen molar-refractivity contribution < 1.29 is 4.79 Å². The number of amides is 1. The molecule has 8 heteroatoms. The fourth-order valence-electron chi connectivity index (χ4n) is 2.18. The minimum Gasteiger partial charge on any atom is -0.282 e. The third-order valence-electron chi connectivity index (χ3n) is 3.23. The highest BCUT2D eigenvalue weighted by Gasteiger charge is 2.35. The molecule has 2 aliphatic heterocycles. The Morgan fingerprint density at radius 3 is 2.78 bits per heavy atom. The predicted molar refractivity (Wildman–Crippen MR) is 97.4 cm³/mol. The molecule has 0 saturated heterocycles. The molecule has 23 heavy (non-hydrogen) atoms. The molecule has 0 saturated carbocycles. The smallest absolute Gasteiger partial charge is 0.282 e. The van der Waals surface area contributed by atoms with Crippen LogP contribution in [0.3, 0.4) is 0 Å². The van der Waals surface area contributed by atoms with Gasteiger partial charge in [0.05, 0.1) is 5.57 Å². The Morgan fingerprint density at radius 2 is 2.04 bits per heavy atom. The molecule has 5 nitrogen and oxygen atoms in total. The summed E-state index contributed by atoms with van der Waals surface area (Å²) in [7, 11) is 0. The number of nitrogens with one attached hydrogen (secondary N) is 1. The van der Waals surface area contributed by atoms with E-state index in [0.717, 1.165) is 9.92 Å². The Bertz CT molecular complexity index is 863. The van der Waals surface area contributed by atoms with Gasteiger partial charge in [-0.2, -0.15) is 15.1 Å². The molecular formula is C15H10N4OS3. The Balaban J connectivity index is 1.63. The fourth-order valence-corrected chi connectivity index (χ4v) is 4.55. The molecule has 1 amide bonds. The zero-order chi connectivity index (χ0) is 15.8. The molecule has 2 aromatic rings. The number of thiophene rings is 2. The highest BCUT2D eigenvalue weighted by atomic mass is 32.2. The van der Waals surface area contributed by atoms with E-state index in [0.29, 0.717) is 11.6 Å². The van der Waals surface area contributed by atoms with Crippen molar-refractivity contribution in [2.24, 2.45) is 10.1 Å². The van der Waals surface area contributed by atoms with E-state index in [-0.39, 0.29) is 17.3 Å². The number of rotatable bonds is 3. The summed E-state index contributed by atoms with van der Waals surface area (Å²) in [6, 6.07) is 7.86. The second-order valence-corrected chi connectivity index (χ2v) is 7.84. The third kappa shape index (κ3) is 2.80. The minimum absolute atomic E-state index is 0.0853. The molecule has 0 aromatic carbocycles. The van der Waals surface area contributed by atoms with Gasteiger partial charge in [0.15, 0.2) is 5.84 Å². The lowest BCUT2D eigenvalue weighted by atomic mass is 10.1. The first kappa shape index (κ1) is 14.6. The number of hydrogen-bond donors (Lipinski definition) is 1. The Hall–Kier alpha value is -2.03. The van der Waals surface area contributed by atoms with Gasteiger partial charge in [0.2, 0.25) is 5.17 Å². The number of hydrazone groups is 1. The molecule has 2 aliphatic rings. The lowest BCUT2D eigenvalue weighted by Crippen LogP contribution is -2.35. The zero-order valence-corrected chi connectivity index (χ0v) is 14.2. The molecule has 0 fully saturated rings. The normalized spacial score (nSPS) is 19.1. The Kier molecular flexibility index (Phi) is 3.72. The van der Waals surface area contributed by atoms with Gasteiger partial charge in [0.1, 0.15) is 5.04 Å². The molecular weight excluding hydrogens is 348 g/mol. The molecule has 114 valence electrons. The summed E-state index contributed by atoms with van der Waals surface area (Å²) in [6.07, 6.45) is 2.40. The van der Waals surface area contributed by atoms with E-state index < -0.39 is 0 Å². The van der Waals surface area contributed by atoms with Crippen molar-refractivity contribution >= 4 is 62.5 Å². The Labute approximate surface area is 144 Å². The highest BCUT2D eigenvalue weighted by molar-refractivity contribution is 8.27. The van der Waals surface area contributed by atoms with Gasteiger partial charge in [-0.05, 0) is 40.7 Å². The summed E-state index contributed by atoms with van der Waals surface area (Å²) in [4.78, 5) is 18.4. The van der Waals surface area contributed by atoms with Crippen LogP contribution in [0.15, 0.2) is 50.7 Å². The summed E-state index contributed by atoms with van der Waals surface area (Å²) in [6.45, 7) is 0. The second kappa shape index (κ2) is 5.88. The average Bonchev–Trinajstić information content (AvgIpc) is 3.25. The number of thioether (sulfide) groups is 1. The van der Waals surface area contributed by atoms with Gasteiger partial charge in [-0.15, -0.1) is 22.7 Å². The van der Waals surface area contributed by atoms with Crippen LogP contribution in [0.25, 0.3) is 6.08 Å². The average molecular weight is 358 g/mol. The topological polar surface area (TPSA) is 68.9 Å². The standard InChI is InChI=1S/C15H10N4OS3/c16-13-11(7-9-3-1-5-21-9)14(20)17-15-19(13)18-12(23-15)8-10-4-2-6-22-10/h1-7,16H,8H2/b11-7-,16-13?. The van der Waals surface area contributed by atoms with Crippen LogP contribution < -0.4 is 0 Å². The number of carbonyl (C=O) groups is 1. The molecule has 4 rings (SSSR count). The van der Waals surface area contributed by atoms with Crippen molar-refractivity contribution in [2.75, 3.05) is 0 Å². The summed E-state index contributed by atoms with van der Waals surface area (Å²) < 4.78 is 0. The van der Waals surface area contributed by atoms with Gasteiger partial charge in [0.25, 0.3) is 5.91 Å². The number of aliphatic imine (C=N–C) groups is 1. The zero-order valence-electron chi connectivity index (χ0n) is 11.7. The van der Waals surface area contributed by atoms with Gasteiger partial charge in [-0.1, -0.05) is 12.1 Å². The van der Waals surface area contributed by atoms with Gasteiger partial charge in [0, 0.05) is 16.2 Å². The number of nitrogens with zero attached hydrogens (tertiary/aromatic N) is 3. The number of amidine groups is 2. The summed E-state index contributed by atoms with van der Waals surface area (Å²) >= 11 is 4.54. The van der Waals surface area contributed by atoms with E-state index in [2.05, 4.69) is 10.1 Å².